The Hall–Kier alpha value is -1.66. The van der Waals surface area contributed by atoms with Crippen LogP contribution < -0.4 is 4.74 Å². The molecule has 0 unspecified atom stereocenters. The maximum atomic E-state index is 10.5. The van der Waals surface area contributed by atoms with Gasteiger partial charge < -0.3 is 14.4 Å². The summed E-state index contributed by atoms with van der Waals surface area (Å²) >= 11 is 0. The first-order valence-corrected chi connectivity index (χ1v) is 5.82. The molecule has 1 fully saturated rings. The summed E-state index contributed by atoms with van der Waals surface area (Å²) < 4.78 is 11.1. The largest absolute Gasteiger partial charge is 0.491 e. The van der Waals surface area contributed by atoms with Crippen LogP contribution in [0.25, 0.3) is 0 Å². The fourth-order valence-electron chi connectivity index (χ4n) is 1.82. The van der Waals surface area contributed by atoms with Crippen LogP contribution in [0.5, 0.6) is 5.75 Å². The van der Waals surface area contributed by atoms with Crippen LogP contribution >= 0.6 is 0 Å². The van der Waals surface area contributed by atoms with Crippen LogP contribution in [0.2, 0.25) is 0 Å². The standard InChI is InChI=1S/C12H16N2O4/c1-13-6-7-17-12(8-13)9-18-11-4-2-10(3-5-11)14(15)16/h2-5,12H,6-9H2,1H3/t12-/m0/s1. The van der Waals surface area contributed by atoms with Gasteiger partial charge in [0.1, 0.15) is 18.5 Å². The average molecular weight is 252 g/mol. The van der Waals surface area contributed by atoms with Gasteiger partial charge in [-0.3, -0.25) is 10.1 Å². The molecule has 0 bridgehead atoms. The highest BCUT2D eigenvalue weighted by molar-refractivity contribution is 5.35. The summed E-state index contributed by atoms with van der Waals surface area (Å²) in [4.78, 5) is 12.3. The van der Waals surface area contributed by atoms with Crippen molar-refractivity contribution < 1.29 is 14.4 Å². The molecule has 18 heavy (non-hydrogen) atoms. The zero-order chi connectivity index (χ0) is 13.0. The van der Waals surface area contributed by atoms with Crippen molar-refractivity contribution in [1.82, 2.24) is 4.90 Å². The normalized spacial score (nSPS) is 20.6. The van der Waals surface area contributed by atoms with Gasteiger partial charge in [0.05, 0.1) is 11.5 Å². The predicted octanol–water partition coefficient (Wildman–Crippen LogP) is 1.30. The molecule has 2 rings (SSSR count). The van der Waals surface area contributed by atoms with Crippen molar-refractivity contribution in [2.75, 3.05) is 33.4 Å². The van der Waals surface area contributed by atoms with Crippen LogP contribution in [-0.2, 0) is 4.74 Å². The van der Waals surface area contributed by atoms with E-state index in [-0.39, 0.29) is 11.8 Å². The fourth-order valence-corrected chi connectivity index (χ4v) is 1.82. The summed E-state index contributed by atoms with van der Waals surface area (Å²) in [6.45, 7) is 2.95. The summed E-state index contributed by atoms with van der Waals surface area (Å²) in [5.74, 6) is 0.623. The Morgan fingerprint density at radius 1 is 1.50 bits per heavy atom. The van der Waals surface area contributed by atoms with Gasteiger partial charge in [0.25, 0.3) is 5.69 Å². The highest BCUT2D eigenvalue weighted by atomic mass is 16.6. The van der Waals surface area contributed by atoms with E-state index in [4.69, 9.17) is 9.47 Å². The third kappa shape index (κ3) is 3.41. The molecule has 1 aliphatic heterocycles. The molecule has 0 aromatic heterocycles. The molecule has 0 spiro atoms. The molecule has 1 atom stereocenters. The number of benzene rings is 1. The Balaban J connectivity index is 1.84. The Bertz CT molecular complexity index is 407. The fraction of sp³-hybridized carbons (Fsp3) is 0.500. The van der Waals surface area contributed by atoms with Gasteiger partial charge in [0, 0.05) is 25.2 Å². The summed E-state index contributed by atoms with van der Waals surface area (Å²) in [5.41, 5.74) is 0.0657. The van der Waals surface area contributed by atoms with Crippen molar-refractivity contribution in [1.29, 1.82) is 0 Å². The number of morpholine rings is 1. The van der Waals surface area contributed by atoms with Gasteiger partial charge in [-0.1, -0.05) is 0 Å². The second-order valence-electron chi connectivity index (χ2n) is 4.32. The molecule has 1 heterocycles. The highest BCUT2D eigenvalue weighted by Gasteiger charge is 2.18. The van der Waals surface area contributed by atoms with Crippen molar-refractivity contribution >= 4 is 5.69 Å². The third-order valence-corrected chi connectivity index (χ3v) is 2.83. The predicted molar refractivity (Wildman–Crippen MR) is 65.8 cm³/mol. The number of nitro groups is 1. The first-order chi connectivity index (χ1) is 8.65. The minimum Gasteiger partial charge on any atom is -0.491 e. The summed E-state index contributed by atoms with van der Waals surface area (Å²) in [5, 5.41) is 10.5. The van der Waals surface area contributed by atoms with Crippen LogP contribution in [-0.4, -0.2) is 49.3 Å². The van der Waals surface area contributed by atoms with Gasteiger partial charge >= 0.3 is 0 Å². The zero-order valence-electron chi connectivity index (χ0n) is 10.2. The molecule has 0 saturated carbocycles. The van der Waals surface area contributed by atoms with Gasteiger partial charge in [0.2, 0.25) is 0 Å². The van der Waals surface area contributed by atoms with E-state index in [9.17, 15) is 10.1 Å². The number of nitrogens with zero attached hydrogens (tertiary/aromatic N) is 2. The van der Waals surface area contributed by atoms with Gasteiger partial charge in [0.15, 0.2) is 0 Å². The van der Waals surface area contributed by atoms with Gasteiger partial charge in [-0.05, 0) is 19.2 Å². The van der Waals surface area contributed by atoms with E-state index >= 15 is 0 Å². The highest BCUT2D eigenvalue weighted by Crippen LogP contribution is 2.17. The molecule has 1 aromatic rings. The van der Waals surface area contributed by atoms with Gasteiger partial charge in [-0.25, -0.2) is 0 Å². The van der Waals surface area contributed by atoms with E-state index in [1.165, 1.54) is 12.1 Å². The number of hydrogen-bond acceptors (Lipinski definition) is 5. The number of hydrogen-bond donors (Lipinski definition) is 0. The maximum absolute atomic E-state index is 10.5. The monoisotopic (exact) mass is 252 g/mol. The molecular formula is C12H16N2O4. The van der Waals surface area contributed by atoms with Crippen molar-refractivity contribution in [3.63, 3.8) is 0 Å². The minimum absolute atomic E-state index is 0.0546. The third-order valence-electron chi connectivity index (χ3n) is 2.83. The number of rotatable bonds is 4. The summed E-state index contributed by atoms with van der Waals surface area (Å²) in [6.07, 6.45) is 0.0546. The lowest BCUT2D eigenvalue weighted by Gasteiger charge is -2.29. The first-order valence-electron chi connectivity index (χ1n) is 5.82. The summed E-state index contributed by atoms with van der Waals surface area (Å²) in [6, 6.07) is 6.07. The molecule has 0 radical (unpaired) electrons. The summed E-state index contributed by atoms with van der Waals surface area (Å²) in [7, 11) is 2.04. The lowest BCUT2D eigenvalue weighted by atomic mass is 10.3. The Morgan fingerprint density at radius 3 is 2.83 bits per heavy atom. The molecule has 0 aliphatic carbocycles. The van der Waals surface area contributed by atoms with Crippen LogP contribution in [0, 0.1) is 10.1 Å². The Labute approximate surface area is 105 Å². The number of non-ortho nitro benzene ring substituents is 1. The van der Waals surface area contributed by atoms with E-state index in [2.05, 4.69) is 4.90 Å². The quantitative estimate of drug-likeness (QED) is 0.597. The molecule has 1 aliphatic rings. The lowest BCUT2D eigenvalue weighted by molar-refractivity contribution is -0.384. The van der Waals surface area contributed by atoms with E-state index in [1.807, 2.05) is 7.05 Å². The molecule has 1 saturated heterocycles. The smallest absolute Gasteiger partial charge is 0.269 e. The Kier molecular flexibility index (Phi) is 4.11. The van der Waals surface area contributed by atoms with Crippen LogP contribution in [0.1, 0.15) is 0 Å². The number of ether oxygens (including phenoxy) is 2. The molecular weight excluding hydrogens is 236 g/mol. The second kappa shape index (κ2) is 5.79. The topological polar surface area (TPSA) is 64.8 Å². The molecule has 98 valence electrons. The molecule has 6 nitrogen and oxygen atoms in total. The first kappa shape index (κ1) is 12.8. The van der Waals surface area contributed by atoms with Crippen molar-refractivity contribution in [2.24, 2.45) is 0 Å². The van der Waals surface area contributed by atoms with Crippen LogP contribution in [0.4, 0.5) is 5.69 Å². The van der Waals surface area contributed by atoms with E-state index in [0.717, 1.165) is 13.1 Å². The second-order valence-corrected chi connectivity index (χ2v) is 4.32. The number of likely N-dealkylation sites (N-methyl/N-ethyl adjacent to an activating group) is 1. The minimum atomic E-state index is -0.428. The van der Waals surface area contributed by atoms with Crippen molar-refractivity contribution in [3.8, 4) is 5.75 Å². The van der Waals surface area contributed by atoms with E-state index in [0.29, 0.717) is 19.0 Å². The van der Waals surface area contributed by atoms with Gasteiger partial charge in [-0.2, -0.15) is 0 Å². The molecule has 1 aromatic carbocycles. The van der Waals surface area contributed by atoms with Crippen LogP contribution in [0.3, 0.4) is 0 Å². The van der Waals surface area contributed by atoms with Crippen molar-refractivity contribution in [3.05, 3.63) is 34.4 Å². The average Bonchev–Trinajstić information content (AvgIpc) is 2.37. The van der Waals surface area contributed by atoms with Crippen LogP contribution in [0.15, 0.2) is 24.3 Å². The lowest BCUT2D eigenvalue weighted by Crippen LogP contribution is -2.42. The van der Waals surface area contributed by atoms with Crippen molar-refractivity contribution in [2.45, 2.75) is 6.10 Å². The SMILES string of the molecule is CN1CCO[C@H](COc2ccc([N+](=O)[O-])cc2)C1. The molecule has 0 amide bonds. The zero-order valence-corrected chi connectivity index (χ0v) is 10.2. The maximum Gasteiger partial charge on any atom is 0.269 e. The van der Waals surface area contributed by atoms with E-state index in [1.54, 1.807) is 12.1 Å². The Morgan fingerprint density at radius 2 is 2.22 bits per heavy atom. The van der Waals surface area contributed by atoms with E-state index < -0.39 is 4.92 Å². The van der Waals surface area contributed by atoms with Gasteiger partial charge in [-0.15, -0.1) is 0 Å². The molecule has 0 N–H and O–H groups in total. The number of nitro benzene ring substituents is 1. The molecule has 6 heteroatoms.